The lowest BCUT2D eigenvalue weighted by atomic mass is 9.73. The zero-order valence-corrected chi connectivity index (χ0v) is 20.5. The highest BCUT2D eigenvalue weighted by molar-refractivity contribution is 6.32. The molecule has 0 unspecified atom stereocenters. The maximum atomic E-state index is 13.3. The Labute approximate surface area is 204 Å². The van der Waals surface area contributed by atoms with Gasteiger partial charge in [-0.2, -0.15) is 5.10 Å². The number of rotatable bonds is 9. The van der Waals surface area contributed by atoms with Crippen LogP contribution in [-0.4, -0.2) is 49.8 Å². The van der Waals surface area contributed by atoms with Crippen molar-refractivity contribution in [1.29, 1.82) is 0 Å². The monoisotopic (exact) mass is 486 g/mol. The van der Waals surface area contributed by atoms with Gasteiger partial charge in [0.15, 0.2) is 5.82 Å². The first-order chi connectivity index (χ1) is 16.1. The van der Waals surface area contributed by atoms with E-state index in [0.717, 1.165) is 12.8 Å². The van der Waals surface area contributed by atoms with Crippen molar-refractivity contribution >= 4 is 29.2 Å². The highest BCUT2D eigenvalue weighted by Gasteiger charge is 2.38. The van der Waals surface area contributed by atoms with Crippen molar-refractivity contribution in [1.82, 2.24) is 14.7 Å². The van der Waals surface area contributed by atoms with E-state index < -0.39 is 11.6 Å². The molecule has 34 heavy (non-hydrogen) atoms. The van der Waals surface area contributed by atoms with Crippen LogP contribution in [0.3, 0.4) is 0 Å². The molecule has 0 spiro atoms. The zero-order valence-electron chi connectivity index (χ0n) is 19.7. The van der Waals surface area contributed by atoms with E-state index in [1.807, 2.05) is 0 Å². The van der Waals surface area contributed by atoms with Crippen LogP contribution in [0.25, 0.3) is 0 Å². The molecule has 1 fully saturated rings. The third-order valence-electron chi connectivity index (χ3n) is 6.12. The molecule has 2 heterocycles. The number of nitrogens with zero attached hydrogens (tertiary/aromatic N) is 3. The number of aromatic nitrogens is 2. The molecule has 182 valence electrons. The fraction of sp³-hybridized carbons (Fsp3) is 0.480. The topological polar surface area (TPSA) is 96.7 Å². The Morgan fingerprint density at radius 3 is 2.74 bits per heavy atom. The number of para-hydroxylation sites is 1. The Morgan fingerprint density at radius 1 is 1.32 bits per heavy atom. The normalized spacial score (nSPS) is 21.1. The minimum atomic E-state index is -0.928. The quantitative estimate of drug-likeness (QED) is 0.561. The van der Waals surface area contributed by atoms with E-state index in [2.05, 4.69) is 17.3 Å². The van der Waals surface area contributed by atoms with Gasteiger partial charge in [-0.05, 0) is 57.1 Å². The van der Waals surface area contributed by atoms with Gasteiger partial charge in [0.1, 0.15) is 17.6 Å². The summed E-state index contributed by atoms with van der Waals surface area (Å²) >= 11 is 6.19. The molecule has 2 aliphatic rings. The fourth-order valence-electron chi connectivity index (χ4n) is 4.58. The molecule has 1 aliphatic carbocycles. The van der Waals surface area contributed by atoms with Crippen LogP contribution < -0.4 is 10.1 Å². The Morgan fingerprint density at radius 2 is 2.06 bits per heavy atom. The average molecular weight is 487 g/mol. The van der Waals surface area contributed by atoms with Crippen molar-refractivity contribution in [2.75, 3.05) is 11.9 Å². The van der Waals surface area contributed by atoms with Crippen LogP contribution >= 0.6 is 11.6 Å². The van der Waals surface area contributed by atoms with Crippen LogP contribution in [0.5, 0.6) is 5.75 Å². The van der Waals surface area contributed by atoms with E-state index in [9.17, 15) is 14.7 Å². The van der Waals surface area contributed by atoms with Crippen molar-refractivity contribution in [2.45, 2.75) is 58.2 Å². The number of anilines is 1. The molecule has 2 N–H and O–H groups in total. The number of nitrogens with one attached hydrogen (secondary N) is 1. The Bertz CT molecular complexity index is 1080. The minimum Gasteiger partial charge on any atom is -0.458 e. The third-order valence-corrected chi connectivity index (χ3v) is 6.43. The lowest BCUT2D eigenvalue weighted by Crippen LogP contribution is -2.47. The molecule has 2 aromatic rings. The SMILES string of the molecule is CC1CC(C[C@@H](C(=O)Nc2ccn(CC(C)(C)O)n2)N2CC(Oc3ccccc3Cl)=CC2=O)C1. The average Bonchev–Trinajstić information content (AvgIpc) is 3.30. The predicted octanol–water partition coefficient (Wildman–Crippen LogP) is 3.86. The Kier molecular flexibility index (Phi) is 7.00. The predicted molar refractivity (Wildman–Crippen MR) is 129 cm³/mol. The van der Waals surface area contributed by atoms with Gasteiger partial charge in [0, 0.05) is 18.3 Å². The highest BCUT2D eigenvalue weighted by atomic mass is 35.5. The first-order valence-electron chi connectivity index (χ1n) is 11.6. The molecule has 1 atom stereocenters. The molecule has 9 heteroatoms. The summed E-state index contributed by atoms with van der Waals surface area (Å²) in [5, 5.41) is 17.7. The first-order valence-corrected chi connectivity index (χ1v) is 12.0. The van der Waals surface area contributed by atoms with Crippen molar-refractivity contribution in [3.63, 3.8) is 0 Å². The molecular weight excluding hydrogens is 456 g/mol. The van der Waals surface area contributed by atoms with E-state index in [-0.39, 0.29) is 18.4 Å². The van der Waals surface area contributed by atoms with Crippen molar-refractivity contribution in [3.8, 4) is 5.75 Å². The number of benzene rings is 1. The number of carbonyl (C=O) groups excluding carboxylic acids is 2. The molecule has 1 saturated carbocycles. The third kappa shape index (κ3) is 5.98. The molecule has 0 bridgehead atoms. The van der Waals surface area contributed by atoms with Crippen molar-refractivity contribution < 1.29 is 19.4 Å². The second kappa shape index (κ2) is 9.80. The summed E-state index contributed by atoms with van der Waals surface area (Å²) in [5.74, 6) is 1.78. The van der Waals surface area contributed by atoms with Crippen LogP contribution in [0, 0.1) is 11.8 Å². The lowest BCUT2D eigenvalue weighted by molar-refractivity contribution is -0.134. The largest absolute Gasteiger partial charge is 0.458 e. The molecule has 8 nitrogen and oxygen atoms in total. The van der Waals surface area contributed by atoms with Crippen LogP contribution in [0.2, 0.25) is 5.02 Å². The van der Waals surface area contributed by atoms with Crippen LogP contribution in [0.4, 0.5) is 5.82 Å². The summed E-state index contributed by atoms with van der Waals surface area (Å²) in [6.07, 6.45) is 5.80. The highest BCUT2D eigenvalue weighted by Crippen LogP contribution is 2.38. The summed E-state index contributed by atoms with van der Waals surface area (Å²) in [6.45, 7) is 6.06. The number of ether oxygens (including phenoxy) is 1. The van der Waals surface area contributed by atoms with Crippen LogP contribution in [-0.2, 0) is 16.1 Å². The second-order valence-electron chi connectivity index (χ2n) is 10.0. The Balaban J connectivity index is 1.46. The number of amides is 2. The summed E-state index contributed by atoms with van der Waals surface area (Å²) in [4.78, 5) is 27.8. The molecular formula is C25H31ClN4O4. The van der Waals surface area contributed by atoms with Gasteiger partial charge >= 0.3 is 0 Å². The van der Waals surface area contributed by atoms with E-state index in [1.54, 1.807) is 60.0 Å². The first kappa shape index (κ1) is 24.3. The number of halogens is 1. The van der Waals surface area contributed by atoms with Crippen molar-refractivity contribution in [2.24, 2.45) is 11.8 Å². The molecule has 1 aliphatic heterocycles. The number of aliphatic hydroxyl groups is 1. The minimum absolute atomic E-state index is 0.192. The van der Waals surface area contributed by atoms with Gasteiger partial charge in [0.2, 0.25) is 5.91 Å². The molecule has 4 rings (SSSR count). The van der Waals surface area contributed by atoms with Crippen molar-refractivity contribution in [3.05, 3.63) is 53.4 Å². The summed E-state index contributed by atoms with van der Waals surface area (Å²) in [6, 6.07) is 8.10. The van der Waals surface area contributed by atoms with E-state index >= 15 is 0 Å². The molecule has 1 aromatic heterocycles. The molecule has 0 saturated heterocycles. The number of hydrogen-bond donors (Lipinski definition) is 2. The lowest BCUT2D eigenvalue weighted by Gasteiger charge is -2.37. The van der Waals surface area contributed by atoms with Gasteiger partial charge in [-0.1, -0.05) is 30.7 Å². The molecule has 2 amide bonds. The standard InChI is InChI=1S/C25H31ClN4O4/c1-16-10-17(11-16)12-20(24(32)27-22-8-9-29(28-22)15-25(2,3)33)30-14-18(13-23(30)31)34-21-7-5-4-6-19(21)26/h4-9,13,16-17,20,33H,10-12,14-15H2,1-3H3,(H,27,28,32)/t16?,17?,20-/m0/s1. The van der Waals surface area contributed by atoms with E-state index in [4.69, 9.17) is 16.3 Å². The maximum absolute atomic E-state index is 13.3. The van der Waals surface area contributed by atoms with Gasteiger partial charge in [0.05, 0.1) is 23.7 Å². The molecule has 0 radical (unpaired) electrons. The van der Waals surface area contributed by atoms with E-state index in [0.29, 0.717) is 47.2 Å². The van der Waals surface area contributed by atoms with Crippen LogP contribution in [0.15, 0.2) is 48.4 Å². The summed E-state index contributed by atoms with van der Waals surface area (Å²) in [5.41, 5.74) is -0.928. The molecule has 1 aromatic carbocycles. The number of carbonyl (C=O) groups is 2. The van der Waals surface area contributed by atoms with Crippen LogP contribution in [0.1, 0.15) is 40.0 Å². The smallest absolute Gasteiger partial charge is 0.251 e. The summed E-state index contributed by atoms with van der Waals surface area (Å²) < 4.78 is 7.44. The zero-order chi connectivity index (χ0) is 24.5. The van der Waals surface area contributed by atoms with Gasteiger partial charge in [0.25, 0.3) is 5.91 Å². The van der Waals surface area contributed by atoms with E-state index in [1.165, 1.54) is 6.08 Å². The Hall–Kier alpha value is -2.84. The van der Waals surface area contributed by atoms with Gasteiger partial charge in [-0.3, -0.25) is 14.3 Å². The maximum Gasteiger partial charge on any atom is 0.251 e. The van der Waals surface area contributed by atoms with Gasteiger partial charge in [-0.15, -0.1) is 0 Å². The second-order valence-corrected chi connectivity index (χ2v) is 10.4. The van der Waals surface area contributed by atoms with Gasteiger partial charge < -0.3 is 20.1 Å². The summed E-state index contributed by atoms with van der Waals surface area (Å²) in [7, 11) is 0. The number of hydrogen-bond acceptors (Lipinski definition) is 5. The van der Waals surface area contributed by atoms with Gasteiger partial charge in [-0.25, -0.2) is 0 Å². The fourth-order valence-corrected chi connectivity index (χ4v) is 4.76.